The maximum absolute atomic E-state index is 12.9. The van der Waals surface area contributed by atoms with Crippen LogP contribution >= 0.6 is 15.6 Å². The summed E-state index contributed by atoms with van der Waals surface area (Å²) < 4.78 is 61.0. The van der Waals surface area contributed by atoms with Gasteiger partial charge in [0, 0.05) is 19.3 Å². The first-order valence-corrected chi connectivity index (χ1v) is 41.4. The number of allylic oxidation sites excluding steroid dienone is 34. The lowest BCUT2D eigenvalue weighted by Gasteiger charge is -2.21. The van der Waals surface area contributed by atoms with Crippen LogP contribution < -0.4 is 0 Å². The van der Waals surface area contributed by atoms with Crippen LogP contribution in [0.25, 0.3) is 0 Å². The molecule has 103 heavy (non-hydrogen) atoms. The van der Waals surface area contributed by atoms with Crippen molar-refractivity contribution in [3.63, 3.8) is 0 Å². The molecule has 0 fully saturated rings. The van der Waals surface area contributed by atoms with E-state index >= 15 is 0 Å². The van der Waals surface area contributed by atoms with Crippen LogP contribution in [0.2, 0.25) is 0 Å². The minimum atomic E-state index is -4.97. The number of unbranched alkanes of at least 4 members (excludes halogenated alkanes) is 13. The fourth-order valence-corrected chi connectivity index (χ4v) is 10.9. The van der Waals surface area contributed by atoms with Gasteiger partial charge in [0.25, 0.3) is 0 Å². The molecule has 0 aromatic carbocycles. The SMILES string of the molecule is CC/C=C\C/C=C\C/C=C\C/C=C\C/C=C\C/C=C\CCCCCCCCCCC(=O)OCC(O)COP(=O)(O)OCC(O)COP(=O)(O)OCC(COC(=O)CCCCCCC/C=C\C/C=C\C/C=C\C/C=C\C/C=C\CC)OC(=O)CC/C=C\C/C=C\C/C=C\C/C=C\C/C=C\C/C=C\CC. The summed E-state index contributed by atoms with van der Waals surface area (Å²) in [6, 6.07) is 0. The van der Waals surface area contributed by atoms with Crippen molar-refractivity contribution in [2.75, 3.05) is 39.6 Å². The van der Waals surface area contributed by atoms with Crippen molar-refractivity contribution in [2.24, 2.45) is 0 Å². The highest BCUT2D eigenvalue weighted by molar-refractivity contribution is 7.47. The Morgan fingerprint density at radius 1 is 0.272 bits per heavy atom. The zero-order chi connectivity index (χ0) is 75.2. The average Bonchev–Trinajstić information content (AvgIpc) is 0.923. The van der Waals surface area contributed by atoms with Gasteiger partial charge in [-0.15, -0.1) is 0 Å². The number of hydrogen-bond donors (Lipinski definition) is 4. The number of ether oxygens (including phenoxy) is 3. The zero-order valence-corrected chi connectivity index (χ0v) is 64.9. The molecule has 5 atom stereocenters. The maximum atomic E-state index is 12.9. The van der Waals surface area contributed by atoms with Crippen molar-refractivity contribution in [2.45, 2.75) is 270 Å². The molecule has 0 saturated carbocycles. The predicted octanol–water partition coefficient (Wildman–Crippen LogP) is 22.5. The Balaban J connectivity index is 4.74. The van der Waals surface area contributed by atoms with E-state index < -0.39 is 91.5 Å². The normalized spacial score (nSPS) is 15.1. The molecule has 0 rings (SSSR count). The Morgan fingerprint density at radius 3 is 0.806 bits per heavy atom. The van der Waals surface area contributed by atoms with E-state index in [4.69, 9.17) is 32.3 Å². The number of phosphoric ester groups is 2. The third-order valence-corrected chi connectivity index (χ3v) is 16.9. The molecule has 0 aromatic heterocycles. The lowest BCUT2D eigenvalue weighted by atomic mass is 10.1. The lowest BCUT2D eigenvalue weighted by Crippen LogP contribution is -2.29. The number of hydrogen-bond acceptors (Lipinski definition) is 14. The van der Waals surface area contributed by atoms with Gasteiger partial charge in [0.05, 0.1) is 26.4 Å². The van der Waals surface area contributed by atoms with Crippen LogP contribution in [0.1, 0.15) is 252 Å². The Kier molecular flexibility index (Phi) is 71.5. The van der Waals surface area contributed by atoms with E-state index in [9.17, 15) is 43.5 Å². The summed E-state index contributed by atoms with van der Waals surface area (Å²) in [5.74, 6) is -1.72. The fraction of sp³-hybridized carbons (Fsp3) is 0.565. The molecule has 0 spiro atoms. The Labute approximate surface area is 622 Å². The second-order valence-electron chi connectivity index (χ2n) is 24.7. The highest BCUT2D eigenvalue weighted by Crippen LogP contribution is 2.45. The minimum Gasteiger partial charge on any atom is -0.463 e. The molecule has 0 heterocycles. The molecule has 580 valence electrons. The smallest absolute Gasteiger partial charge is 0.463 e. The molecule has 18 heteroatoms. The average molecular weight is 1470 g/mol. The summed E-state index contributed by atoms with van der Waals surface area (Å²) in [7, 11) is -9.84. The quantitative estimate of drug-likeness (QED) is 0.0146. The van der Waals surface area contributed by atoms with E-state index in [0.717, 1.165) is 167 Å². The van der Waals surface area contributed by atoms with Crippen LogP contribution in [0.3, 0.4) is 0 Å². The maximum Gasteiger partial charge on any atom is 0.472 e. The van der Waals surface area contributed by atoms with Crippen LogP contribution in [0, 0.1) is 0 Å². The van der Waals surface area contributed by atoms with Crippen LogP contribution in [-0.2, 0) is 55.8 Å². The number of rotatable bonds is 70. The van der Waals surface area contributed by atoms with Gasteiger partial charge in [-0.05, 0) is 154 Å². The summed E-state index contributed by atoms with van der Waals surface area (Å²) in [6.45, 7) is 2.18. The first-order valence-electron chi connectivity index (χ1n) is 38.4. The van der Waals surface area contributed by atoms with Gasteiger partial charge >= 0.3 is 33.6 Å². The van der Waals surface area contributed by atoms with Crippen LogP contribution in [0.4, 0.5) is 0 Å². The van der Waals surface area contributed by atoms with Gasteiger partial charge < -0.3 is 34.2 Å². The van der Waals surface area contributed by atoms with Gasteiger partial charge in [0.1, 0.15) is 25.4 Å². The van der Waals surface area contributed by atoms with Crippen molar-refractivity contribution in [1.29, 1.82) is 0 Å². The van der Waals surface area contributed by atoms with Gasteiger partial charge in [-0.3, -0.25) is 32.5 Å². The lowest BCUT2D eigenvalue weighted by molar-refractivity contribution is -0.161. The molecule has 16 nitrogen and oxygen atoms in total. The van der Waals surface area contributed by atoms with Gasteiger partial charge in [-0.2, -0.15) is 0 Å². The summed E-state index contributed by atoms with van der Waals surface area (Å²) in [5.41, 5.74) is 0. The van der Waals surface area contributed by atoms with Gasteiger partial charge in [-0.25, -0.2) is 9.13 Å². The molecule has 0 aliphatic rings. The minimum absolute atomic E-state index is 0.0344. The van der Waals surface area contributed by atoms with E-state index in [1.54, 1.807) is 0 Å². The molecule has 4 N–H and O–H groups in total. The first kappa shape index (κ1) is 97.1. The van der Waals surface area contributed by atoms with Crippen molar-refractivity contribution < 1.29 is 75.8 Å². The van der Waals surface area contributed by atoms with Gasteiger partial charge in [-0.1, -0.05) is 285 Å². The molecule has 0 aromatic rings. The monoisotopic (exact) mass is 1470 g/mol. The molecule has 0 aliphatic carbocycles. The number of carbonyl (C=O) groups excluding carboxylic acids is 3. The number of aliphatic hydroxyl groups excluding tert-OH is 2. The molecular formula is C85H134O16P2. The van der Waals surface area contributed by atoms with E-state index in [2.05, 4.69) is 209 Å². The second-order valence-corrected chi connectivity index (χ2v) is 27.6. The van der Waals surface area contributed by atoms with Gasteiger partial charge in [0.15, 0.2) is 6.10 Å². The highest BCUT2D eigenvalue weighted by atomic mass is 31.2. The van der Waals surface area contributed by atoms with E-state index in [-0.39, 0.29) is 19.3 Å². The predicted molar refractivity (Wildman–Crippen MR) is 426 cm³/mol. The zero-order valence-electron chi connectivity index (χ0n) is 63.1. The van der Waals surface area contributed by atoms with Crippen molar-refractivity contribution in [1.82, 2.24) is 0 Å². The third-order valence-electron chi connectivity index (χ3n) is 15.0. The van der Waals surface area contributed by atoms with Crippen LogP contribution in [0.15, 0.2) is 207 Å². The molecule has 5 unspecified atom stereocenters. The summed E-state index contributed by atoms with van der Waals surface area (Å²) in [5, 5.41) is 20.6. The van der Waals surface area contributed by atoms with Crippen LogP contribution in [0.5, 0.6) is 0 Å². The van der Waals surface area contributed by atoms with E-state index in [0.29, 0.717) is 25.7 Å². The number of esters is 3. The highest BCUT2D eigenvalue weighted by Gasteiger charge is 2.29. The third kappa shape index (κ3) is 77.1. The van der Waals surface area contributed by atoms with E-state index in [1.165, 1.54) is 19.3 Å². The Morgan fingerprint density at radius 2 is 0.505 bits per heavy atom. The standard InChI is InChI=1S/C85H134O16P2/c1-4-7-10-13-16-19-22-25-28-31-34-36-37-38-39-40-41-43-46-47-50-53-56-59-62-65-68-71-83(88)95-74-80(86)75-97-102(91,92)98-76-81(87)77-99-103(93,94)100-79-82(101-85(90)73-70-67-64-61-58-55-52-49-44-33-30-27-24-21-18-15-12-9-6-3)78-96-84(89)72-69-66-63-60-57-54-51-48-45-42-35-32-29-26-23-20-17-14-11-8-5-2/h7-12,16-21,25-30,34-36,38-39,41-44,48-49,51,55,58,64,67,80-82,86-87H,4-6,13-15,22-24,31-33,37,40,45-47,50,52-54,56-57,59-63,65-66,68-79H2,1-3H3,(H,91,92)(H,93,94)/b10-7-,11-8-,12-9-,19-16-,20-17-,21-18-,28-25-,29-26-,30-27-,36-34-,39-38-,42-35-,43-41-,49-44-,51-48-,58-55-,67-64-. The number of aliphatic hydroxyl groups is 2. The largest absolute Gasteiger partial charge is 0.472 e. The van der Waals surface area contributed by atoms with Crippen molar-refractivity contribution in [3.05, 3.63) is 207 Å². The topological polar surface area (TPSA) is 231 Å². The van der Waals surface area contributed by atoms with Gasteiger partial charge in [0.2, 0.25) is 0 Å². The fourth-order valence-electron chi connectivity index (χ4n) is 9.27. The Hall–Kier alpha value is -5.87. The molecule has 0 bridgehead atoms. The molecule has 0 saturated heterocycles. The summed E-state index contributed by atoms with van der Waals surface area (Å²) in [4.78, 5) is 58.6. The van der Waals surface area contributed by atoms with Crippen molar-refractivity contribution >= 4 is 33.6 Å². The van der Waals surface area contributed by atoms with Crippen molar-refractivity contribution in [3.8, 4) is 0 Å². The molecule has 0 radical (unpaired) electrons. The number of carbonyl (C=O) groups is 3. The number of phosphoric acid groups is 2. The summed E-state index contributed by atoms with van der Waals surface area (Å²) >= 11 is 0. The molecule has 0 aliphatic heterocycles. The second kappa shape index (κ2) is 75.8. The van der Waals surface area contributed by atoms with E-state index in [1.807, 2.05) is 18.2 Å². The first-order chi connectivity index (χ1) is 50.2. The van der Waals surface area contributed by atoms with Crippen LogP contribution in [-0.4, -0.2) is 95.9 Å². The molecule has 0 amide bonds. The Bertz CT molecular complexity index is 2700. The molecular weight excluding hydrogens is 1340 g/mol. The summed E-state index contributed by atoms with van der Waals surface area (Å²) in [6.07, 6.45) is 100.